The van der Waals surface area contributed by atoms with E-state index in [-0.39, 0.29) is 12.5 Å². The van der Waals surface area contributed by atoms with E-state index in [0.717, 1.165) is 24.1 Å². The van der Waals surface area contributed by atoms with Gasteiger partial charge in [-0.2, -0.15) is 0 Å². The van der Waals surface area contributed by atoms with Crippen LogP contribution < -0.4 is 0 Å². The molecule has 0 saturated carbocycles. The molecule has 0 radical (unpaired) electrons. The van der Waals surface area contributed by atoms with E-state index < -0.39 is 6.10 Å². The van der Waals surface area contributed by atoms with Gasteiger partial charge < -0.3 is 14.6 Å². The van der Waals surface area contributed by atoms with E-state index in [4.69, 9.17) is 0 Å². The van der Waals surface area contributed by atoms with E-state index in [9.17, 15) is 9.90 Å². The molecule has 0 aliphatic carbocycles. The van der Waals surface area contributed by atoms with E-state index in [0.29, 0.717) is 24.1 Å². The number of benzene rings is 1. The lowest BCUT2D eigenvalue weighted by Gasteiger charge is -2.27. The van der Waals surface area contributed by atoms with Crippen LogP contribution in [0.1, 0.15) is 53.0 Å². The minimum Gasteiger partial charge on any atom is -0.385 e. The summed E-state index contributed by atoms with van der Waals surface area (Å²) >= 11 is 0. The zero-order valence-electron chi connectivity index (χ0n) is 16.1. The Labute approximate surface area is 150 Å². The molecule has 0 aliphatic heterocycles. The second-order valence-corrected chi connectivity index (χ2v) is 7.56. The highest BCUT2D eigenvalue weighted by Gasteiger charge is 2.22. The molecule has 0 saturated heterocycles. The number of rotatable bonds is 8. The number of hydrogen-bond acceptors (Lipinski definition) is 3. The van der Waals surface area contributed by atoms with Gasteiger partial charge in [0.25, 0.3) is 0 Å². The van der Waals surface area contributed by atoms with Gasteiger partial charge in [-0.1, -0.05) is 46.8 Å². The second-order valence-electron chi connectivity index (χ2n) is 7.56. The monoisotopic (exact) mass is 345 g/mol. The van der Waals surface area contributed by atoms with Gasteiger partial charge in [0.2, 0.25) is 5.91 Å². The summed E-state index contributed by atoms with van der Waals surface area (Å²) in [7, 11) is 0. The first kappa shape index (κ1) is 19.4. The number of amides is 1. The Morgan fingerprint density at radius 1 is 1.16 bits per heavy atom. The number of aliphatic hydroxyl groups excluding tert-OH is 1. The molecule has 5 heteroatoms. The average molecular weight is 345 g/mol. The first-order valence-electron chi connectivity index (χ1n) is 9.24. The van der Waals surface area contributed by atoms with Crippen molar-refractivity contribution >= 4 is 16.9 Å². The van der Waals surface area contributed by atoms with Gasteiger partial charge in [0.1, 0.15) is 18.5 Å². The van der Waals surface area contributed by atoms with E-state index >= 15 is 0 Å². The molecule has 1 aromatic heterocycles. The van der Waals surface area contributed by atoms with Crippen molar-refractivity contribution in [2.24, 2.45) is 11.8 Å². The van der Waals surface area contributed by atoms with Gasteiger partial charge in [-0.05, 0) is 30.4 Å². The third-order valence-electron chi connectivity index (χ3n) is 4.19. The van der Waals surface area contributed by atoms with Crippen LogP contribution in [0.5, 0.6) is 0 Å². The Hall–Kier alpha value is -1.88. The van der Waals surface area contributed by atoms with E-state index in [1.807, 2.05) is 40.7 Å². The second kappa shape index (κ2) is 8.48. The molecule has 25 heavy (non-hydrogen) atoms. The summed E-state index contributed by atoms with van der Waals surface area (Å²) in [5.74, 6) is 1.49. The summed E-state index contributed by atoms with van der Waals surface area (Å²) < 4.78 is 1.87. The molecule has 0 bridgehead atoms. The molecule has 1 atom stereocenters. The Balaban J connectivity index is 2.34. The van der Waals surface area contributed by atoms with Crippen molar-refractivity contribution in [2.45, 2.75) is 53.7 Å². The van der Waals surface area contributed by atoms with Gasteiger partial charge >= 0.3 is 0 Å². The van der Waals surface area contributed by atoms with Crippen molar-refractivity contribution in [3.05, 3.63) is 30.1 Å². The molecule has 1 aromatic carbocycles. The van der Waals surface area contributed by atoms with Crippen LogP contribution in [0.2, 0.25) is 0 Å². The predicted molar refractivity (Wildman–Crippen MR) is 101 cm³/mol. The van der Waals surface area contributed by atoms with Gasteiger partial charge in [0.15, 0.2) is 0 Å². The van der Waals surface area contributed by atoms with Gasteiger partial charge in [-0.25, -0.2) is 4.98 Å². The minimum atomic E-state index is -0.663. The topological polar surface area (TPSA) is 58.4 Å². The van der Waals surface area contributed by atoms with Crippen LogP contribution in [0.3, 0.4) is 0 Å². The summed E-state index contributed by atoms with van der Waals surface area (Å²) in [6.07, 6.45) is -0.0944. The zero-order valence-corrected chi connectivity index (χ0v) is 16.1. The number of nitrogens with zero attached hydrogens (tertiary/aromatic N) is 3. The molecule has 2 rings (SSSR count). The maximum absolute atomic E-state index is 13.0. The molecule has 0 aliphatic rings. The number of aromatic nitrogens is 2. The first-order chi connectivity index (χ1) is 11.8. The minimum absolute atomic E-state index is 0.0788. The molecule has 1 heterocycles. The third-order valence-corrected chi connectivity index (χ3v) is 4.19. The lowest BCUT2D eigenvalue weighted by atomic mass is 10.1. The number of carbonyl (C=O) groups is 1. The van der Waals surface area contributed by atoms with Crippen LogP contribution in [0, 0.1) is 11.8 Å². The lowest BCUT2D eigenvalue weighted by molar-refractivity contribution is -0.132. The van der Waals surface area contributed by atoms with E-state index in [2.05, 4.69) is 32.7 Å². The van der Waals surface area contributed by atoms with Gasteiger partial charge in [0, 0.05) is 13.1 Å². The number of para-hydroxylation sites is 2. The Kier molecular flexibility index (Phi) is 6.59. The molecule has 5 nitrogen and oxygen atoms in total. The SMILES string of the molecule is CC[C@@H](O)c1nc2ccccc2n1CC(=O)N(CC(C)C)CC(C)C. The van der Waals surface area contributed by atoms with Gasteiger partial charge in [-0.15, -0.1) is 0 Å². The Morgan fingerprint density at radius 2 is 1.76 bits per heavy atom. The Morgan fingerprint density at radius 3 is 2.32 bits per heavy atom. The maximum Gasteiger partial charge on any atom is 0.242 e. The highest BCUT2D eigenvalue weighted by atomic mass is 16.3. The summed E-state index contributed by atoms with van der Waals surface area (Å²) in [4.78, 5) is 19.5. The quantitative estimate of drug-likeness (QED) is 0.795. The van der Waals surface area contributed by atoms with Crippen LogP contribution in [-0.4, -0.2) is 38.6 Å². The van der Waals surface area contributed by atoms with Gasteiger partial charge in [0.05, 0.1) is 11.0 Å². The van der Waals surface area contributed by atoms with Crippen LogP contribution in [0.25, 0.3) is 11.0 Å². The van der Waals surface area contributed by atoms with Gasteiger partial charge in [-0.3, -0.25) is 4.79 Å². The molecule has 1 amide bonds. The summed E-state index contributed by atoms with van der Waals surface area (Å²) in [5, 5.41) is 10.3. The predicted octanol–water partition coefficient (Wildman–Crippen LogP) is 3.62. The fraction of sp³-hybridized carbons (Fsp3) is 0.600. The summed E-state index contributed by atoms with van der Waals surface area (Å²) in [6.45, 7) is 12.1. The van der Waals surface area contributed by atoms with Crippen molar-refractivity contribution in [3.8, 4) is 0 Å². The molecular weight excluding hydrogens is 314 g/mol. The molecular formula is C20H31N3O2. The zero-order chi connectivity index (χ0) is 18.6. The number of imidazole rings is 1. The number of hydrogen-bond donors (Lipinski definition) is 1. The third kappa shape index (κ3) is 4.82. The highest BCUT2D eigenvalue weighted by molar-refractivity contribution is 5.81. The summed E-state index contributed by atoms with van der Waals surface area (Å²) in [5.41, 5.74) is 1.71. The maximum atomic E-state index is 13.0. The van der Waals surface area contributed by atoms with Crippen LogP contribution in [-0.2, 0) is 11.3 Å². The number of fused-ring (bicyclic) bond motifs is 1. The van der Waals surface area contributed by atoms with E-state index in [1.54, 1.807) is 0 Å². The van der Waals surface area contributed by atoms with Crippen molar-refractivity contribution < 1.29 is 9.90 Å². The molecule has 0 unspecified atom stereocenters. The standard InChI is InChI=1S/C20H31N3O2/c1-6-18(24)20-21-16-9-7-8-10-17(16)23(20)13-19(25)22(11-14(2)3)12-15(4)5/h7-10,14-15,18,24H,6,11-13H2,1-5H3/t18-/m1/s1. The van der Waals surface area contributed by atoms with Crippen LogP contribution >= 0.6 is 0 Å². The normalized spacial score (nSPS) is 13.0. The Bertz CT molecular complexity index is 696. The highest BCUT2D eigenvalue weighted by Crippen LogP contribution is 2.23. The van der Waals surface area contributed by atoms with Crippen molar-refractivity contribution in [1.29, 1.82) is 0 Å². The van der Waals surface area contributed by atoms with Crippen LogP contribution in [0.4, 0.5) is 0 Å². The van der Waals surface area contributed by atoms with Crippen molar-refractivity contribution in [2.75, 3.05) is 13.1 Å². The first-order valence-corrected chi connectivity index (χ1v) is 9.24. The lowest BCUT2D eigenvalue weighted by Crippen LogP contribution is -2.39. The smallest absolute Gasteiger partial charge is 0.242 e. The van der Waals surface area contributed by atoms with Crippen molar-refractivity contribution in [1.82, 2.24) is 14.5 Å². The fourth-order valence-electron chi connectivity index (χ4n) is 3.09. The molecule has 0 spiro atoms. The largest absolute Gasteiger partial charge is 0.385 e. The molecule has 0 fully saturated rings. The summed E-state index contributed by atoms with van der Waals surface area (Å²) in [6, 6.07) is 7.74. The average Bonchev–Trinajstić information content (AvgIpc) is 2.91. The fourth-order valence-corrected chi connectivity index (χ4v) is 3.09. The molecule has 1 N–H and O–H groups in total. The number of carbonyl (C=O) groups excluding carboxylic acids is 1. The number of aliphatic hydroxyl groups is 1. The van der Waals surface area contributed by atoms with E-state index in [1.165, 1.54) is 0 Å². The van der Waals surface area contributed by atoms with Crippen molar-refractivity contribution in [3.63, 3.8) is 0 Å². The van der Waals surface area contributed by atoms with Crippen LogP contribution in [0.15, 0.2) is 24.3 Å². The molecule has 138 valence electrons. The molecule has 2 aromatic rings.